The van der Waals surface area contributed by atoms with Gasteiger partial charge in [0.2, 0.25) is 0 Å². The maximum atomic E-state index is 13.4. The van der Waals surface area contributed by atoms with Crippen molar-refractivity contribution in [2.24, 2.45) is 10.4 Å². The molecule has 0 saturated heterocycles. The van der Waals surface area contributed by atoms with Crippen molar-refractivity contribution in [2.75, 3.05) is 13.7 Å². The Labute approximate surface area is 137 Å². The number of halogens is 1. The smallest absolute Gasteiger partial charge is 0.191 e. The number of nitrogens with one attached hydrogen (secondary N) is 2. The SMILES string of the molecule is CCNC(=NCc1ccc(O)c(F)c1)NC1CC(OC)C1(C)C. The molecule has 2 rings (SSSR count). The molecule has 3 N–H and O–H groups in total. The van der Waals surface area contributed by atoms with E-state index in [1.165, 1.54) is 12.1 Å². The Bertz CT molecular complexity index is 575. The first kappa shape index (κ1) is 17.5. The number of aromatic hydroxyl groups is 1. The molecule has 1 saturated carbocycles. The molecule has 6 heteroatoms. The Hall–Kier alpha value is -1.82. The molecule has 128 valence electrons. The van der Waals surface area contributed by atoms with Gasteiger partial charge in [0.15, 0.2) is 17.5 Å². The van der Waals surface area contributed by atoms with Crippen molar-refractivity contribution >= 4 is 5.96 Å². The minimum atomic E-state index is -0.626. The van der Waals surface area contributed by atoms with E-state index in [0.29, 0.717) is 18.1 Å². The zero-order valence-corrected chi connectivity index (χ0v) is 14.2. The summed E-state index contributed by atoms with van der Waals surface area (Å²) in [5.74, 6) is -0.267. The third-order valence-corrected chi connectivity index (χ3v) is 4.55. The molecule has 2 atom stereocenters. The normalized spacial score (nSPS) is 23.3. The number of phenols is 1. The summed E-state index contributed by atoms with van der Waals surface area (Å²) in [7, 11) is 1.74. The molecule has 0 bridgehead atoms. The second-order valence-electron chi connectivity index (χ2n) is 6.46. The molecule has 0 aromatic heterocycles. The lowest BCUT2D eigenvalue weighted by atomic mass is 9.64. The Morgan fingerprint density at radius 2 is 2.22 bits per heavy atom. The van der Waals surface area contributed by atoms with Gasteiger partial charge in [-0.1, -0.05) is 19.9 Å². The molecule has 1 aromatic rings. The number of ether oxygens (including phenoxy) is 1. The number of hydrogen-bond donors (Lipinski definition) is 3. The fraction of sp³-hybridized carbons (Fsp3) is 0.588. The molecule has 0 spiro atoms. The molecule has 1 aliphatic rings. The number of hydrogen-bond acceptors (Lipinski definition) is 3. The lowest BCUT2D eigenvalue weighted by Gasteiger charge is -2.51. The topological polar surface area (TPSA) is 65.9 Å². The van der Waals surface area contributed by atoms with E-state index in [0.717, 1.165) is 13.0 Å². The predicted molar refractivity (Wildman–Crippen MR) is 89.0 cm³/mol. The second-order valence-corrected chi connectivity index (χ2v) is 6.46. The van der Waals surface area contributed by atoms with Gasteiger partial charge in [0, 0.05) is 25.1 Å². The molecule has 23 heavy (non-hydrogen) atoms. The number of guanidine groups is 1. The summed E-state index contributed by atoms with van der Waals surface area (Å²) in [6.07, 6.45) is 1.18. The fourth-order valence-electron chi connectivity index (χ4n) is 2.83. The second kappa shape index (κ2) is 7.17. The summed E-state index contributed by atoms with van der Waals surface area (Å²) in [4.78, 5) is 4.50. The predicted octanol–water partition coefficient (Wildman–Crippen LogP) is 2.40. The third-order valence-electron chi connectivity index (χ3n) is 4.55. The largest absolute Gasteiger partial charge is 0.505 e. The molecule has 1 aliphatic carbocycles. The Kier molecular flexibility index (Phi) is 5.46. The lowest BCUT2D eigenvalue weighted by molar-refractivity contribution is -0.0922. The monoisotopic (exact) mass is 323 g/mol. The first-order chi connectivity index (χ1) is 10.9. The molecule has 0 radical (unpaired) electrons. The van der Waals surface area contributed by atoms with Gasteiger partial charge in [-0.25, -0.2) is 9.38 Å². The van der Waals surface area contributed by atoms with E-state index < -0.39 is 5.82 Å². The van der Waals surface area contributed by atoms with E-state index in [2.05, 4.69) is 29.5 Å². The molecule has 1 fully saturated rings. The first-order valence-electron chi connectivity index (χ1n) is 7.93. The van der Waals surface area contributed by atoms with Crippen molar-refractivity contribution in [3.8, 4) is 5.75 Å². The van der Waals surface area contributed by atoms with Crippen molar-refractivity contribution in [2.45, 2.75) is 45.9 Å². The summed E-state index contributed by atoms with van der Waals surface area (Å²) in [5.41, 5.74) is 0.746. The average molecular weight is 323 g/mol. The van der Waals surface area contributed by atoms with Crippen LogP contribution in [0.1, 0.15) is 32.8 Å². The van der Waals surface area contributed by atoms with Crippen LogP contribution < -0.4 is 10.6 Å². The Morgan fingerprint density at radius 3 is 2.78 bits per heavy atom. The zero-order valence-electron chi connectivity index (χ0n) is 14.2. The molecule has 0 amide bonds. The minimum absolute atomic E-state index is 0.0373. The summed E-state index contributed by atoms with van der Waals surface area (Å²) >= 11 is 0. The van der Waals surface area contributed by atoms with Crippen molar-refractivity contribution in [1.29, 1.82) is 0 Å². The quantitative estimate of drug-likeness (QED) is 0.575. The van der Waals surface area contributed by atoms with Gasteiger partial charge in [-0.2, -0.15) is 0 Å². The van der Waals surface area contributed by atoms with Gasteiger partial charge in [-0.15, -0.1) is 0 Å². The highest BCUT2D eigenvalue weighted by Crippen LogP contribution is 2.42. The summed E-state index contributed by atoms with van der Waals surface area (Å²) in [6.45, 7) is 7.42. The summed E-state index contributed by atoms with van der Waals surface area (Å²) in [5, 5.41) is 15.8. The van der Waals surface area contributed by atoms with Crippen LogP contribution in [0.4, 0.5) is 4.39 Å². The first-order valence-corrected chi connectivity index (χ1v) is 7.93. The van der Waals surface area contributed by atoms with E-state index in [4.69, 9.17) is 4.74 Å². The highest BCUT2D eigenvalue weighted by atomic mass is 19.1. The number of phenolic OH excluding ortho intramolecular Hbond substituents is 1. The van der Waals surface area contributed by atoms with Crippen LogP contribution in [-0.4, -0.2) is 36.9 Å². The number of methoxy groups -OCH3 is 1. The zero-order chi connectivity index (χ0) is 17.0. The van der Waals surface area contributed by atoms with Gasteiger partial charge < -0.3 is 20.5 Å². The van der Waals surface area contributed by atoms with Crippen LogP contribution in [0.5, 0.6) is 5.75 Å². The molecular formula is C17H26FN3O2. The van der Waals surface area contributed by atoms with E-state index in [1.807, 2.05) is 6.92 Å². The van der Waals surface area contributed by atoms with Crippen LogP contribution in [-0.2, 0) is 11.3 Å². The van der Waals surface area contributed by atoms with Crippen LogP contribution >= 0.6 is 0 Å². The van der Waals surface area contributed by atoms with Crippen molar-refractivity contribution in [1.82, 2.24) is 10.6 Å². The molecule has 0 heterocycles. The maximum absolute atomic E-state index is 13.4. The number of benzene rings is 1. The van der Waals surface area contributed by atoms with Crippen molar-refractivity contribution in [3.05, 3.63) is 29.6 Å². The third kappa shape index (κ3) is 3.93. The Balaban J connectivity index is 2.02. The molecule has 5 nitrogen and oxygen atoms in total. The molecule has 1 aromatic carbocycles. The van der Waals surface area contributed by atoms with Gasteiger partial charge in [-0.3, -0.25) is 0 Å². The molecule has 2 unspecified atom stereocenters. The minimum Gasteiger partial charge on any atom is -0.505 e. The van der Waals surface area contributed by atoms with E-state index in [1.54, 1.807) is 13.2 Å². The standard InChI is InChI=1S/C17H26FN3O2/c1-5-19-16(21-14-9-15(23-4)17(14,2)3)20-10-11-6-7-13(22)12(18)8-11/h6-8,14-15,22H,5,9-10H2,1-4H3,(H2,19,20,21). The number of aliphatic imine (C=N–C) groups is 1. The van der Waals surface area contributed by atoms with Gasteiger partial charge in [-0.05, 0) is 31.0 Å². The molecular weight excluding hydrogens is 297 g/mol. The highest BCUT2D eigenvalue weighted by molar-refractivity contribution is 5.80. The van der Waals surface area contributed by atoms with Crippen molar-refractivity contribution < 1.29 is 14.2 Å². The fourth-order valence-corrected chi connectivity index (χ4v) is 2.83. The Morgan fingerprint density at radius 1 is 1.48 bits per heavy atom. The van der Waals surface area contributed by atoms with Gasteiger partial charge >= 0.3 is 0 Å². The van der Waals surface area contributed by atoms with Crippen LogP contribution in [0, 0.1) is 11.2 Å². The summed E-state index contributed by atoms with van der Waals surface area (Å²) < 4.78 is 18.8. The number of rotatable bonds is 5. The highest BCUT2D eigenvalue weighted by Gasteiger charge is 2.48. The van der Waals surface area contributed by atoms with Gasteiger partial charge in [0.25, 0.3) is 0 Å². The lowest BCUT2D eigenvalue weighted by Crippen LogP contribution is -2.63. The van der Waals surface area contributed by atoms with E-state index in [-0.39, 0.29) is 23.3 Å². The van der Waals surface area contributed by atoms with Crippen LogP contribution in [0.3, 0.4) is 0 Å². The maximum Gasteiger partial charge on any atom is 0.191 e. The average Bonchev–Trinajstić information content (AvgIpc) is 2.51. The number of nitrogens with zero attached hydrogens (tertiary/aromatic N) is 1. The van der Waals surface area contributed by atoms with Gasteiger partial charge in [0.05, 0.1) is 12.6 Å². The van der Waals surface area contributed by atoms with Crippen LogP contribution in [0.15, 0.2) is 23.2 Å². The van der Waals surface area contributed by atoms with Crippen LogP contribution in [0.25, 0.3) is 0 Å². The van der Waals surface area contributed by atoms with Gasteiger partial charge in [0.1, 0.15) is 0 Å². The molecule has 0 aliphatic heterocycles. The van der Waals surface area contributed by atoms with E-state index in [9.17, 15) is 9.50 Å². The summed E-state index contributed by atoms with van der Waals surface area (Å²) in [6, 6.07) is 4.59. The van der Waals surface area contributed by atoms with Crippen LogP contribution in [0.2, 0.25) is 0 Å². The van der Waals surface area contributed by atoms with E-state index >= 15 is 0 Å². The van der Waals surface area contributed by atoms with Crippen molar-refractivity contribution in [3.63, 3.8) is 0 Å².